The highest BCUT2D eigenvalue weighted by Gasteiger charge is 2.33. The predicted octanol–water partition coefficient (Wildman–Crippen LogP) is 6.04. The van der Waals surface area contributed by atoms with Crippen LogP contribution in [0.3, 0.4) is 0 Å². The molecule has 66 heavy (non-hydrogen) atoms. The molecule has 0 aliphatic rings. The lowest BCUT2D eigenvalue weighted by Gasteiger charge is -2.30. The largest absolute Gasteiger partial charge is 0.496 e. The lowest BCUT2D eigenvalue weighted by atomic mass is 10.1. The molecule has 21 heteroatoms. The molecule has 5 heterocycles. The van der Waals surface area contributed by atoms with Gasteiger partial charge in [0.1, 0.15) is 42.3 Å². The number of amides is 3. The lowest BCUT2D eigenvalue weighted by Crippen LogP contribution is -2.44. The number of nitrogens with one attached hydrogen (secondary N) is 3. The fourth-order valence-corrected chi connectivity index (χ4v) is 8.43. The van der Waals surface area contributed by atoms with Crippen molar-refractivity contribution in [1.29, 1.82) is 0 Å². The molecule has 2 aromatic carbocycles. The maximum absolute atomic E-state index is 13.7. The number of fused-ring (bicyclic) bond motifs is 1. The highest BCUT2D eigenvalue weighted by Crippen LogP contribution is 2.36. The van der Waals surface area contributed by atoms with Crippen molar-refractivity contribution in [2.75, 3.05) is 48.6 Å². The zero-order valence-electron chi connectivity index (χ0n) is 36.5. The van der Waals surface area contributed by atoms with Crippen LogP contribution in [-0.2, 0) is 40.5 Å². The molecule has 0 aliphatic carbocycles. The number of aryl methyl sites for hydroxylation is 1. The quantitative estimate of drug-likeness (QED) is 0.0450. The maximum atomic E-state index is 13.7. The van der Waals surface area contributed by atoms with Crippen molar-refractivity contribution in [3.8, 4) is 11.5 Å². The summed E-state index contributed by atoms with van der Waals surface area (Å²) in [6.45, 7) is 5.71. The number of imidazole rings is 1. The van der Waals surface area contributed by atoms with Gasteiger partial charge >= 0.3 is 0 Å². The molecule has 1 atom stereocenters. The van der Waals surface area contributed by atoms with Crippen LogP contribution in [0.15, 0.2) is 84.8 Å². The van der Waals surface area contributed by atoms with Gasteiger partial charge in [-0.2, -0.15) is 9.97 Å². The summed E-state index contributed by atoms with van der Waals surface area (Å²) in [5, 5.41) is 19.4. The molecule has 5 aromatic heterocycles. The number of alkyl halides is 1. The highest BCUT2D eigenvalue weighted by atomic mass is 35.5. The van der Waals surface area contributed by atoms with E-state index in [1.165, 1.54) is 20.9 Å². The normalized spacial score (nSPS) is 11.6. The van der Waals surface area contributed by atoms with Crippen molar-refractivity contribution >= 4 is 80.9 Å². The zero-order chi connectivity index (χ0) is 46.6. The van der Waals surface area contributed by atoms with Gasteiger partial charge in [-0.05, 0) is 68.3 Å². The number of pyridine rings is 1. The molecule has 0 saturated carbocycles. The Balaban J connectivity index is 0.869. The van der Waals surface area contributed by atoms with Crippen LogP contribution in [-0.4, -0.2) is 89.8 Å². The van der Waals surface area contributed by atoms with Gasteiger partial charge in [0.05, 0.1) is 36.9 Å². The van der Waals surface area contributed by atoms with Crippen LogP contribution in [0.4, 0.5) is 17.5 Å². The summed E-state index contributed by atoms with van der Waals surface area (Å²) in [6, 6.07) is 17.2. The van der Waals surface area contributed by atoms with Gasteiger partial charge < -0.3 is 35.7 Å². The molecule has 344 valence electrons. The Bertz CT molecular complexity index is 2770. The molecular formula is C45H49Cl2N13O5S. The van der Waals surface area contributed by atoms with E-state index >= 15 is 0 Å². The van der Waals surface area contributed by atoms with Crippen molar-refractivity contribution in [1.82, 2.24) is 50.1 Å². The number of nitrogens with two attached hydrogens (primary N) is 1. The number of methoxy groups -OCH3 is 1. The van der Waals surface area contributed by atoms with Crippen molar-refractivity contribution in [3.63, 3.8) is 0 Å². The zero-order valence-corrected chi connectivity index (χ0v) is 38.9. The topological polar surface area (TPSA) is 222 Å². The molecule has 5 N–H and O–H groups in total. The molecule has 18 nitrogen and oxygen atoms in total. The van der Waals surface area contributed by atoms with Crippen LogP contribution in [0.2, 0.25) is 5.02 Å². The average molecular weight is 955 g/mol. The molecule has 0 fully saturated rings. The van der Waals surface area contributed by atoms with E-state index in [-0.39, 0.29) is 41.8 Å². The van der Waals surface area contributed by atoms with E-state index in [2.05, 4.69) is 46.2 Å². The minimum atomic E-state index is -0.983. The minimum absolute atomic E-state index is 0.00301. The van der Waals surface area contributed by atoms with Gasteiger partial charge in [0.2, 0.25) is 23.7 Å². The Morgan fingerprint density at radius 3 is 2.56 bits per heavy atom. The standard InChI is InChI=1S/C45H49Cl2N13O5S/c1-28-22-52-34(29(2)41(28)64-3)24-58-27-53-39-42(54-45(48)55-43(39)58)50-17-8-7-16-49-37(61)25-59-23-31(56-57-59)26-65-35-14-13-32(20-33(35)47)60(38(62)21-46)40(36-12-9-19-66-36)44(63)51-18-15-30-10-5-4-6-11-30/h4-6,9-14,19-20,22-23,27,40H,7-8,15-18,21,24-26H2,1-3H3,(H,49,61)(H,51,63)(H3,48,50,54,55). The molecule has 0 aliphatic heterocycles. The molecule has 1 unspecified atom stereocenters. The summed E-state index contributed by atoms with van der Waals surface area (Å²) in [4.78, 5) is 59.8. The van der Waals surface area contributed by atoms with E-state index in [1.54, 1.807) is 50.1 Å². The first-order chi connectivity index (χ1) is 32.0. The average Bonchev–Trinajstić information content (AvgIpc) is 4.10. The molecule has 3 amide bonds. The summed E-state index contributed by atoms with van der Waals surface area (Å²) < 4.78 is 14.8. The SMILES string of the molecule is COc1c(C)cnc(Cn2cnc3c(NCCCCNC(=O)Cn4cc(COc5ccc(N(C(=O)CCl)C(C(=O)NCCc6ccccc6)c6cccs6)cc5Cl)nn4)nc(N)nc32)c1C. The van der Waals surface area contributed by atoms with Crippen molar-refractivity contribution < 1.29 is 23.9 Å². The number of nitrogens with zero attached hydrogens (tertiary/aromatic N) is 9. The van der Waals surface area contributed by atoms with Crippen LogP contribution in [0.25, 0.3) is 11.2 Å². The minimum Gasteiger partial charge on any atom is -0.496 e. The number of halogens is 2. The molecule has 0 spiro atoms. The van der Waals surface area contributed by atoms with Gasteiger partial charge in [0.25, 0.3) is 0 Å². The van der Waals surface area contributed by atoms with Gasteiger partial charge in [0, 0.05) is 47.5 Å². The first kappa shape index (κ1) is 47.1. The number of aromatic nitrogens is 8. The maximum Gasteiger partial charge on any atom is 0.248 e. The molecule has 0 radical (unpaired) electrons. The number of thiophene rings is 1. The summed E-state index contributed by atoms with van der Waals surface area (Å²) in [6.07, 6.45) is 7.14. The number of anilines is 3. The Kier molecular flexibility index (Phi) is 16.0. The summed E-state index contributed by atoms with van der Waals surface area (Å²) in [7, 11) is 1.65. The summed E-state index contributed by atoms with van der Waals surface area (Å²) >= 11 is 14.1. The van der Waals surface area contributed by atoms with Crippen molar-refractivity contribution in [3.05, 3.63) is 123 Å². The van der Waals surface area contributed by atoms with Crippen LogP contribution in [0.1, 0.15) is 51.8 Å². The fraction of sp³-hybridized carbons (Fsp3) is 0.311. The number of unbranched alkanes of at least 4 members (excludes halogenated alkanes) is 1. The second-order valence-electron chi connectivity index (χ2n) is 15.2. The lowest BCUT2D eigenvalue weighted by molar-refractivity contribution is -0.125. The van der Waals surface area contributed by atoms with Gasteiger partial charge in [-0.3, -0.25) is 24.3 Å². The summed E-state index contributed by atoms with van der Waals surface area (Å²) in [5.74, 6) is 0.340. The fourth-order valence-electron chi connectivity index (χ4n) is 7.26. The number of benzene rings is 2. The van der Waals surface area contributed by atoms with Crippen LogP contribution in [0, 0.1) is 13.8 Å². The van der Waals surface area contributed by atoms with Gasteiger partial charge in [-0.25, -0.2) is 9.67 Å². The van der Waals surface area contributed by atoms with E-state index in [4.69, 9.17) is 38.4 Å². The molecular weight excluding hydrogens is 906 g/mol. The third-order valence-electron chi connectivity index (χ3n) is 10.5. The van der Waals surface area contributed by atoms with Crippen molar-refractivity contribution in [2.45, 2.75) is 58.8 Å². The van der Waals surface area contributed by atoms with E-state index < -0.39 is 11.9 Å². The number of ether oxygens (including phenoxy) is 2. The monoisotopic (exact) mass is 953 g/mol. The Morgan fingerprint density at radius 2 is 1.80 bits per heavy atom. The smallest absolute Gasteiger partial charge is 0.248 e. The van der Waals surface area contributed by atoms with Crippen LogP contribution in [0.5, 0.6) is 11.5 Å². The van der Waals surface area contributed by atoms with E-state index in [0.29, 0.717) is 78.0 Å². The number of hydrogen-bond donors (Lipinski definition) is 4. The van der Waals surface area contributed by atoms with E-state index in [1.807, 2.05) is 60.2 Å². The Labute approximate surface area is 394 Å². The van der Waals surface area contributed by atoms with Gasteiger partial charge in [-0.15, -0.1) is 28.0 Å². The molecule has 0 bridgehead atoms. The molecule has 7 aromatic rings. The number of carbonyl (C=O) groups excluding carboxylic acids is 3. The van der Waals surface area contributed by atoms with Crippen LogP contribution >= 0.6 is 34.5 Å². The van der Waals surface area contributed by atoms with E-state index in [9.17, 15) is 14.4 Å². The second kappa shape index (κ2) is 22.4. The van der Waals surface area contributed by atoms with Crippen molar-refractivity contribution in [2.24, 2.45) is 0 Å². The van der Waals surface area contributed by atoms with E-state index in [0.717, 1.165) is 34.6 Å². The number of hydrogen-bond acceptors (Lipinski definition) is 14. The Hall–Kier alpha value is -6.83. The Morgan fingerprint density at radius 1 is 0.985 bits per heavy atom. The second-order valence-corrected chi connectivity index (χ2v) is 16.8. The first-order valence-electron chi connectivity index (χ1n) is 21.0. The third-order valence-corrected chi connectivity index (χ3v) is 11.9. The van der Waals surface area contributed by atoms with Gasteiger partial charge in [0.15, 0.2) is 17.0 Å². The predicted molar refractivity (Wildman–Crippen MR) is 254 cm³/mol. The third kappa shape index (κ3) is 11.7. The highest BCUT2D eigenvalue weighted by molar-refractivity contribution is 7.10. The first-order valence-corrected chi connectivity index (χ1v) is 22.8. The molecule has 7 rings (SSSR count). The molecule has 0 saturated heterocycles. The van der Waals surface area contributed by atoms with Crippen LogP contribution < -0.4 is 36.1 Å². The summed E-state index contributed by atoms with van der Waals surface area (Å²) in [5.41, 5.74) is 11.9. The number of carbonyl (C=O) groups is 3. The number of nitrogen functional groups attached to an aromatic ring is 1. The number of rotatable bonds is 22. The van der Waals surface area contributed by atoms with Gasteiger partial charge in [-0.1, -0.05) is 53.2 Å².